The van der Waals surface area contributed by atoms with Crippen LogP contribution < -0.4 is 5.32 Å². The highest BCUT2D eigenvalue weighted by Crippen LogP contribution is 2.27. The van der Waals surface area contributed by atoms with Crippen molar-refractivity contribution in [1.29, 1.82) is 0 Å². The number of aliphatic imine (C=N–C) groups is 1. The SMILES string of the molecule is CN=C(NCc1c(F)c(F)cc(F)c1F)N1CCC(C)C(n2ccnc2)C1. The van der Waals surface area contributed by atoms with E-state index in [9.17, 15) is 17.6 Å². The lowest BCUT2D eigenvalue weighted by Crippen LogP contribution is -2.48. The van der Waals surface area contributed by atoms with Gasteiger partial charge in [-0.15, -0.1) is 0 Å². The number of nitrogens with one attached hydrogen (secondary N) is 1. The Kier molecular flexibility index (Phi) is 5.67. The number of likely N-dealkylation sites (tertiary alicyclic amines) is 1. The van der Waals surface area contributed by atoms with Crippen LogP contribution in [0, 0.1) is 29.2 Å². The van der Waals surface area contributed by atoms with Crippen molar-refractivity contribution in [3.05, 3.63) is 53.6 Å². The van der Waals surface area contributed by atoms with Gasteiger partial charge in [-0.25, -0.2) is 22.5 Å². The van der Waals surface area contributed by atoms with Crippen LogP contribution >= 0.6 is 0 Å². The summed E-state index contributed by atoms with van der Waals surface area (Å²) in [6, 6.07) is 0.366. The summed E-state index contributed by atoms with van der Waals surface area (Å²) in [6.45, 7) is 3.06. The van der Waals surface area contributed by atoms with Gasteiger partial charge < -0.3 is 14.8 Å². The van der Waals surface area contributed by atoms with Crippen LogP contribution in [0.3, 0.4) is 0 Å². The fourth-order valence-electron chi connectivity index (χ4n) is 3.37. The molecule has 0 spiro atoms. The molecule has 2 aromatic rings. The third-order valence-corrected chi connectivity index (χ3v) is 4.96. The molecule has 9 heteroatoms. The summed E-state index contributed by atoms with van der Waals surface area (Å²) >= 11 is 0. The zero-order chi connectivity index (χ0) is 19.6. The van der Waals surface area contributed by atoms with E-state index in [1.165, 1.54) is 0 Å². The third kappa shape index (κ3) is 3.91. The van der Waals surface area contributed by atoms with Gasteiger partial charge in [0.1, 0.15) is 0 Å². The Bertz CT molecular complexity index is 795. The first-order valence-corrected chi connectivity index (χ1v) is 8.67. The highest BCUT2D eigenvalue weighted by Gasteiger charge is 2.29. The predicted molar refractivity (Wildman–Crippen MR) is 93.1 cm³/mol. The molecule has 0 radical (unpaired) electrons. The van der Waals surface area contributed by atoms with Crippen molar-refractivity contribution >= 4 is 5.96 Å². The van der Waals surface area contributed by atoms with E-state index < -0.39 is 35.4 Å². The van der Waals surface area contributed by atoms with E-state index in [0.717, 1.165) is 6.42 Å². The summed E-state index contributed by atoms with van der Waals surface area (Å²) < 4.78 is 56.5. The number of piperidine rings is 1. The van der Waals surface area contributed by atoms with E-state index in [4.69, 9.17) is 0 Å². The number of benzene rings is 1. The molecule has 1 aromatic carbocycles. The second kappa shape index (κ2) is 7.98. The van der Waals surface area contributed by atoms with Crippen LogP contribution in [0.4, 0.5) is 17.6 Å². The highest BCUT2D eigenvalue weighted by molar-refractivity contribution is 5.80. The van der Waals surface area contributed by atoms with Gasteiger partial charge in [0.2, 0.25) is 0 Å². The molecule has 0 amide bonds. The molecule has 0 aliphatic carbocycles. The van der Waals surface area contributed by atoms with Crippen molar-refractivity contribution in [3.8, 4) is 0 Å². The quantitative estimate of drug-likeness (QED) is 0.383. The van der Waals surface area contributed by atoms with Gasteiger partial charge in [-0.3, -0.25) is 4.99 Å². The maximum atomic E-state index is 13.9. The molecule has 5 nitrogen and oxygen atoms in total. The second-order valence-corrected chi connectivity index (χ2v) is 6.64. The van der Waals surface area contributed by atoms with E-state index in [2.05, 4.69) is 22.2 Å². The summed E-state index contributed by atoms with van der Waals surface area (Å²) in [5, 5.41) is 2.81. The number of hydrogen-bond acceptors (Lipinski definition) is 2. The Morgan fingerprint density at radius 3 is 2.56 bits per heavy atom. The highest BCUT2D eigenvalue weighted by atomic mass is 19.2. The Balaban J connectivity index is 1.73. The summed E-state index contributed by atoms with van der Waals surface area (Å²) in [5.41, 5.74) is -0.690. The minimum absolute atomic E-state index is 0.167. The van der Waals surface area contributed by atoms with E-state index in [-0.39, 0.29) is 12.1 Å². The van der Waals surface area contributed by atoms with E-state index in [1.807, 2.05) is 15.7 Å². The molecular formula is C18H21F4N5. The molecule has 0 bridgehead atoms. The molecule has 2 heterocycles. The molecule has 2 atom stereocenters. The summed E-state index contributed by atoms with van der Waals surface area (Å²) in [6.07, 6.45) is 6.24. The first kappa shape index (κ1) is 19.2. The average Bonchev–Trinajstić information content (AvgIpc) is 3.18. The zero-order valence-corrected chi connectivity index (χ0v) is 15.1. The van der Waals surface area contributed by atoms with Gasteiger partial charge in [-0.2, -0.15) is 0 Å². The van der Waals surface area contributed by atoms with E-state index in [0.29, 0.717) is 25.0 Å². The Hall–Kier alpha value is -2.58. The standard InChI is InChI=1S/C18H21F4N5/c1-11-3-5-26(9-15(11)27-6-4-24-10-27)18(23-2)25-8-12-16(21)13(19)7-14(20)17(12)22/h4,6-7,10-11,15H,3,5,8-9H2,1-2H3,(H,23,25). The third-order valence-electron chi connectivity index (χ3n) is 4.96. The first-order chi connectivity index (χ1) is 12.9. The lowest BCUT2D eigenvalue weighted by molar-refractivity contribution is 0.189. The van der Waals surface area contributed by atoms with Gasteiger partial charge in [0.25, 0.3) is 0 Å². The van der Waals surface area contributed by atoms with Crippen molar-refractivity contribution in [2.75, 3.05) is 20.1 Å². The lowest BCUT2D eigenvalue weighted by atomic mass is 9.93. The minimum Gasteiger partial charge on any atom is -0.352 e. The molecule has 1 aromatic heterocycles. The molecule has 27 heavy (non-hydrogen) atoms. The number of guanidine groups is 1. The van der Waals surface area contributed by atoms with Gasteiger partial charge in [0.05, 0.1) is 12.4 Å². The van der Waals surface area contributed by atoms with Crippen LogP contribution in [0.5, 0.6) is 0 Å². The summed E-state index contributed by atoms with van der Waals surface area (Å²) in [5.74, 6) is -4.82. The van der Waals surface area contributed by atoms with Gasteiger partial charge in [-0.1, -0.05) is 6.92 Å². The Labute approximate surface area is 154 Å². The zero-order valence-electron chi connectivity index (χ0n) is 15.1. The molecule has 1 N–H and O–H groups in total. The molecule has 1 aliphatic rings. The number of rotatable bonds is 3. The van der Waals surface area contributed by atoms with Gasteiger partial charge in [0, 0.05) is 50.7 Å². The van der Waals surface area contributed by atoms with Crippen LogP contribution in [-0.2, 0) is 6.54 Å². The Morgan fingerprint density at radius 2 is 1.96 bits per heavy atom. The molecule has 2 unspecified atom stereocenters. The van der Waals surface area contributed by atoms with Gasteiger partial charge in [0.15, 0.2) is 29.2 Å². The van der Waals surface area contributed by atoms with Crippen LogP contribution in [0.2, 0.25) is 0 Å². The largest absolute Gasteiger partial charge is 0.352 e. The summed E-state index contributed by atoms with van der Waals surface area (Å²) in [4.78, 5) is 10.2. The number of nitrogens with zero attached hydrogens (tertiary/aromatic N) is 4. The van der Waals surface area contributed by atoms with Crippen LogP contribution in [0.25, 0.3) is 0 Å². The fraction of sp³-hybridized carbons (Fsp3) is 0.444. The van der Waals surface area contributed by atoms with Crippen molar-refractivity contribution in [2.45, 2.75) is 25.9 Å². The topological polar surface area (TPSA) is 45.5 Å². The van der Waals surface area contributed by atoms with E-state index >= 15 is 0 Å². The molecule has 146 valence electrons. The van der Waals surface area contributed by atoms with Crippen molar-refractivity contribution in [3.63, 3.8) is 0 Å². The predicted octanol–water partition coefficient (Wildman–Crippen LogP) is 3.10. The molecule has 0 saturated carbocycles. The average molecular weight is 383 g/mol. The normalized spacial score (nSPS) is 20.8. The number of aromatic nitrogens is 2. The van der Waals surface area contributed by atoms with Crippen molar-refractivity contribution in [1.82, 2.24) is 19.8 Å². The molecule has 3 rings (SSSR count). The first-order valence-electron chi connectivity index (χ1n) is 8.67. The monoisotopic (exact) mass is 383 g/mol. The Morgan fingerprint density at radius 1 is 1.26 bits per heavy atom. The van der Waals surface area contributed by atoms with Crippen LogP contribution in [0.15, 0.2) is 29.8 Å². The smallest absolute Gasteiger partial charge is 0.193 e. The number of halogens is 4. The van der Waals surface area contributed by atoms with E-state index in [1.54, 1.807) is 19.6 Å². The summed E-state index contributed by atoms with van der Waals surface area (Å²) in [7, 11) is 1.55. The van der Waals surface area contributed by atoms with Gasteiger partial charge >= 0.3 is 0 Å². The maximum Gasteiger partial charge on any atom is 0.193 e. The second-order valence-electron chi connectivity index (χ2n) is 6.64. The van der Waals surface area contributed by atoms with Crippen molar-refractivity contribution in [2.24, 2.45) is 10.9 Å². The lowest BCUT2D eigenvalue weighted by Gasteiger charge is -2.39. The van der Waals surface area contributed by atoms with Crippen LogP contribution in [0.1, 0.15) is 24.9 Å². The molecule has 1 fully saturated rings. The molecule has 1 aliphatic heterocycles. The van der Waals surface area contributed by atoms with Gasteiger partial charge in [-0.05, 0) is 12.3 Å². The van der Waals surface area contributed by atoms with Crippen LogP contribution in [-0.4, -0.2) is 40.5 Å². The number of imidazole rings is 1. The molecule has 1 saturated heterocycles. The minimum atomic E-state index is -1.42. The molecular weight excluding hydrogens is 362 g/mol. The maximum absolute atomic E-state index is 13.9. The van der Waals surface area contributed by atoms with Crippen molar-refractivity contribution < 1.29 is 17.6 Å². The number of hydrogen-bond donors (Lipinski definition) is 1. The fourth-order valence-corrected chi connectivity index (χ4v) is 3.37.